The molecule has 1 rings (SSSR count). The summed E-state index contributed by atoms with van der Waals surface area (Å²) in [5.74, 6) is 0. The van der Waals surface area contributed by atoms with Gasteiger partial charge in [0.1, 0.15) is 0 Å². The molecular weight excluding hydrogens is 138 g/mol. The molecule has 0 aliphatic carbocycles. The zero-order chi connectivity index (χ0) is 8.27. The van der Waals surface area contributed by atoms with E-state index in [1.165, 1.54) is 0 Å². The van der Waals surface area contributed by atoms with Crippen molar-refractivity contribution in [2.45, 2.75) is 19.5 Å². The van der Waals surface area contributed by atoms with E-state index in [2.05, 4.69) is 23.8 Å². The van der Waals surface area contributed by atoms with Crippen molar-refractivity contribution in [2.24, 2.45) is 5.73 Å². The predicted octanol–water partition coefficient (Wildman–Crippen LogP) is -0.0714. The van der Waals surface area contributed by atoms with E-state index in [-0.39, 0.29) is 6.17 Å². The van der Waals surface area contributed by atoms with Gasteiger partial charge in [-0.15, -0.1) is 0 Å². The number of hydrogen-bond acceptors (Lipinski definition) is 3. The van der Waals surface area contributed by atoms with Gasteiger partial charge in [-0.25, -0.2) is 0 Å². The minimum atomic E-state index is 0.281. The highest BCUT2D eigenvalue weighted by Gasteiger charge is 2.17. The lowest BCUT2D eigenvalue weighted by Crippen LogP contribution is -2.51. The number of nitrogens with zero attached hydrogens (tertiary/aromatic N) is 2. The fourth-order valence-electron chi connectivity index (χ4n) is 1.41. The third kappa shape index (κ3) is 2.43. The summed E-state index contributed by atoms with van der Waals surface area (Å²) < 4.78 is 0. The van der Waals surface area contributed by atoms with Crippen LogP contribution in [0.4, 0.5) is 0 Å². The highest BCUT2D eigenvalue weighted by atomic mass is 15.3. The molecule has 1 aliphatic rings. The molecule has 3 nitrogen and oxygen atoms in total. The van der Waals surface area contributed by atoms with Crippen LogP contribution in [0.1, 0.15) is 13.3 Å². The summed E-state index contributed by atoms with van der Waals surface area (Å²) in [6, 6.07) is 0. The van der Waals surface area contributed by atoms with Crippen molar-refractivity contribution in [1.29, 1.82) is 0 Å². The van der Waals surface area contributed by atoms with E-state index >= 15 is 0 Å². The number of likely N-dealkylation sites (N-methyl/N-ethyl adjacent to an activating group) is 1. The van der Waals surface area contributed by atoms with E-state index < -0.39 is 0 Å². The summed E-state index contributed by atoms with van der Waals surface area (Å²) in [6.45, 7) is 6.72. The second-order valence-corrected chi connectivity index (χ2v) is 3.31. The summed E-state index contributed by atoms with van der Waals surface area (Å²) in [7, 11) is 2.16. The first-order valence-electron chi connectivity index (χ1n) is 4.42. The van der Waals surface area contributed by atoms with Crippen LogP contribution in [0.2, 0.25) is 0 Å². The standard InChI is InChI=1S/C8H19N3/c1-3-8(9)11-6-4-10(2)5-7-11/h8H,3-7,9H2,1-2H3. The molecule has 0 aromatic carbocycles. The summed E-state index contributed by atoms with van der Waals surface area (Å²) in [6.07, 6.45) is 1.34. The van der Waals surface area contributed by atoms with Gasteiger partial charge in [0.2, 0.25) is 0 Å². The Labute approximate surface area is 69.1 Å². The van der Waals surface area contributed by atoms with Crippen LogP contribution >= 0.6 is 0 Å². The molecule has 0 radical (unpaired) electrons. The van der Waals surface area contributed by atoms with Crippen molar-refractivity contribution >= 4 is 0 Å². The molecule has 0 amide bonds. The van der Waals surface area contributed by atoms with Crippen LogP contribution < -0.4 is 5.73 Å². The van der Waals surface area contributed by atoms with Gasteiger partial charge in [0.25, 0.3) is 0 Å². The molecule has 1 fully saturated rings. The van der Waals surface area contributed by atoms with E-state index in [4.69, 9.17) is 5.73 Å². The van der Waals surface area contributed by atoms with Gasteiger partial charge in [-0.2, -0.15) is 0 Å². The van der Waals surface area contributed by atoms with Gasteiger partial charge >= 0.3 is 0 Å². The summed E-state index contributed by atoms with van der Waals surface area (Å²) in [5, 5.41) is 0. The minimum Gasteiger partial charge on any atom is -0.316 e. The van der Waals surface area contributed by atoms with Crippen LogP contribution in [0, 0.1) is 0 Å². The third-order valence-electron chi connectivity index (χ3n) is 2.43. The molecule has 1 atom stereocenters. The Morgan fingerprint density at radius 3 is 2.27 bits per heavy atom. The zero-order valence-corrected chi connectivity index (χ0v) is 7.58. The third-order valence-corrected chi connectivity index (χ3v) is 2.43. The number of piperazine rings is 1. The molecule has 0 aromatic rings. The van der Waals surface area contributed by atoms with Crippen molar-refractivity contribution in [2.75, 3.05) is 33.2 Å². The van der Waals surface area contributed by atoms with Gasteiger partial charge < -0.3 is 10.6 Å². The van der Waals surface area contributed by atoms with Crippen LogP contribution in [0.25, 0.3) is 0 Å². The van der Waals surface area contributed by atoms with Gasteiger partial charge in [0.15, 0.2) is 0 Å². The van der Waals surface area contributed by atoms with E-state index in [1.807, 2.05) is 0 Å². The molecule has 0 saturated carbocycles. The monoisotopic (exact) mass is 157 g/mol. The molecule has 3 heteroatoms. The van der Waals surface area contributed by atoms with Crippen LogP contribution in [-0.4, -0.2) is 49.2 Å². The Bertz CT molecular complexity index is 108. The maximum Gasteiger partial charge on any atom is 0.0570 e. The van der Waals surface area contributed by atoms with Gasteiger partial charge in [0.05, 0.1) is 6.17 Å². The fraction of sp³-hybridized carbons (Fsp3) is 1.00. The topological polar surface area (TPSA) is 32.5 Å². The quantitative estimate of drug-likeness (QED) is 0.609. The van der Waals surface area contributed by atoms with E-state index in [1.54, 1.807) is 0 Å². The predicted molar refractivity (Wildman–Crippen MR) is 47.3 cm³/mol. The first-order valence-corrected chi connectivity index (χ1v) is 4.42. The first kappa shape index (κ1) is 8.97. The first-order chi connectivity index (χ1) is 5.24. The molecular formula is C8H19N3. The second-order valence-electron chi connectivity index (χ2n) is 3.31. The molecule has 11 heavy (non-hydrogen) atoms. The average Bonchev–Trinajstić information content (AvgIpc) is 2.05. The van der Waals surface area contributed by atoms with Crippen molar-refractivity contribution in [3.63, 3.8) is 0 Å². The lowest BCUT2D eigenvalue weighted by molar-refractivity contribution is 0.112. The van der Waals surface area contributed by atoms with Crippen molar-refractivity contribution in [1.82, 2.24) is 9.80 Å². The molecule has 0 spiro atoms. The molecule has 2 N–H and O–H groups in total. The molecule has 1 aliphatic heterocycles. The van der Waals surface area contributed by atoms with Gasteiger partial charge in [-0.05, 0) is 13.5 Å². The van der Waals surface area contributed by atoms with Crippen LogP contribution in [0.5, 0.6) is 0 Å². The molecule has 0 aromatic heterocycles. The van der Waals surface area contributed by atoms with Crippen molar-refractivity contribution in [3.8, 4) is 0 Å². The maximum atomic E-state index is 5.90. The lowest BCUT2D eigenvalue weighted by atomic mass is 10.2. The number of hydrogen-bond donors (Lipinski definition) is 1. The molecule has 66 valence electrons. The maximum absolute atomic E-state index is 5.90. The summed E-state index contributed by atoms with van der Waals surface area (Å²) in [5.41, 5.74) is 5.90. The smallest absolute Gasteiger partial charge is 0.0570 e. The Morgan fingerprint density at radius 2 is 1.82 bits per heavy atom. The molecule has 1 saturated heterocycles. The normalized spacial score (nSPS) is 25.4. The van der Waals surface area contributed by atoms with E-state index in [0.29, 0.717) is 0 Å². The highest BCUT2D eigenvalue weighted by molar-refractivity contribution is 4.72. The van der Waals surface area contributed by atoms with Gasteiger partial charge in [-0.3, -0.25) is 4.90 Å². The largest absolute Gasteiger partial charge is 0.316 e. The minimum absolute atomic E-state index is 0.281. The Hall–Kier alpha value is -0.120. The molecule has 0 bridgehead atoms. The van der Waals surface area contributed by atoms with Crippen LogP contribution in [-0.2, 0) is 0 Å². The zero-order valence-electron chi connectivity index (χ0n) is 7.58. The van der Waals surface area contributed by atoms with Crippen LogP contribution in [0.15, 0.2) is 0 Å². The SMILES string of the molecule is CCC(N)N1CCN(C)CC1. The van der Waals surface area contributed by atoms with Crippen molar-refractivity contribution in [3.05, 3.63) is 0 Å². The average molecular weight is 157 g/mol. The summed E-state index contributed by atoms with van der Waals surface area (Å²) in [4.78, 5) is 4.71. The van der Waals surface area contributed by atoms with E-state index in [0.717, 1.165) is 32.6 Å². The molecule has 1 heterocycles. The fourth-order valence-corrected chi connectivity index (χ4v) is 1.41. The Kier molecular flexibility index (Phi) is 3.30. The lowest BCUT2D eigenvalue weighted by Gasteiger charge is -2.35. The Balaban J connectivity index is 2.27. The van der Waals surface area contributed by atoms with Gasteiger partial charge in [0, 0.05) is 26.2 Å². The van der Waals surface area contributed by atoms with Gasteiger partial charge in [-0.1, -0.05) is 6.92 Å². The molecule has 1 unspecified atom stereocenters. The van der Waals surface area contributed by atoms with Crippen LogP contribution in [0.3, 0.4) is 0 Å². The second kappa shape index (κ2) is 4.04. The van der Waals surface area contributed by atoms with E-state index in [9.17, 15) is 0 Å². The van der Waals surface area contributed by atoms with Crippen molar-refractivity contribution < 1.29 is 0 Å². The summed E-state index contributed by atoms with van der Waals surface area (Å²) >= 11 is 0. The Morgan fingerprint density at radius 1 is 1.27 bits per heavy atom. The number of nitrogens with two attached hydrogens (primary N) is 1. The highest BCUT2D eigenvalue weighted by Crippen LogP contribution is 2.03. The number of rotatable bonds is 2.